The van der Waals surface area contributed by atoms with Crippen LogP contribution in [0.2, 0.25) is 0 Å². The van der Waals surface area contributed by atoms with E-state index in [-0.39, 0.29) is 11.5 Å². The van der Waals surface area contributed by atoms with Crippen molar-refractivity contribution in [3.8, 4) is 0 Å². The van der Waals surface area contributed by atoms with E-state index in [4.69, 9.17) is 0 Å². The van der Waals surface area contributed by atoms with E-state index >= 15 is 0 Å². The molecule has 1 aliphatic carbocycles. The van der Waals surface area contributed by atoms with Crippen LogP contribution in [0.25, 0.3) is 0 Å². The fraction of sp³-hybridized carbons (Fsp3) is 0.500. The number of carbonyl (C=O) groups is 2. The number of carboxylic acids is 1. The number of hydrogen-bond donors (Lipinski definition) is 1. The van der Waals surface area contributed by atoms with Gasteiger partial charge in [-0.1, -0.05) is 31.4 Å². The van der Waals surface area contributed by atoms with Crippen LogP contribution >= 0.6 is 11.8 Å². The lowest BCUT2D eigenvalue weighted by atomic mass is 9.82. The van der Waals surface area contributed by atoms with Gasteiger partial charge in [0.2, 0.25) is 0 Å². The van der Waals surface area contributed by atoms with Gasteiger partial charge in [0.25, 0.3) is 0 Å². The lowest BCUT2D eigenvalue weighted by Gasteiger charge is -2.25. The van der Waals surface area contributed by atoms with Gasteiger partial charge in [0.1, 0.15) is 5.25 Å². The zero-order valence-electron chi connectivity index (χ0n) is 11.3. The molecule has 0 spiro atoms. The van der Waals surface area contributed by atoms with Gasteiger partial charge in [0.05, 0.1) is 5.75 Å². The minimum atomic E-state index is -0.853. The standard InChI is InChI=1S/C16H18O3S/c17-14-9-20-15(16(18)19)12-7-6-11(8-13(12)14)10-4-2-1-3-5-10/h6-8,10,15H,1-5,9H2,(H,18,19)/t15-/m0/s1. The van der Waals surface area contributed by atoms with E-state index < -0.39 is 11.2 Å². The number of thioether (sulfide) groups is 1. The van der Waals surface area contributed by atoms with Crippen molar-refractivity contribution in [3.63, 3.8) is 0 Å². The van der Waals surface area contributed by atoms with E-state index in [0.717, 1.165) is 0 Å². The smallest absolute Gasteiger partial charge is 0.321 e. The number of rotatable bonds is 2. The average Bonchev–Trinajstić information content (AvgIpc) is 2.48. The SMILES string of the molecule is O=C1CS[C@H](C(=O)O)c2ccc(C3CCCCC3)cc21. The highest BCUT2D eigenvalue weighted by molar-refractivity contribution is 8.01. The average molecular weight is 290 g/mol. The largest absolute Gasteiger partial charge is 0.480 e. The molecule has 3 nitrogen and oxygen atoms in total. The minimum Gasteiger partial charge on any atom is -0.480 e. The number of aliphatic carboxylic acids is 1. The summed E-state index contributed by atoms with van der Waals surface area (Å²) in [5.41, 5.74) is 2.53. The summed E-state index contributed by atoms with van der Waals surface area (Å²) >= 11 is 1.21. The molecule has 1 N–H and O–H groups in total. The van der Waals surface area contributed by atoms with Gasteiger partial charge in [-0.25, -0.2) is 0 Å². The first-order chi connectivity index (χ1) is 9.66. The van der Waals surface area contributed by atoms with E-state index in [1.807, 2.05) is 18.2 Å². The molecule has 0 radical (unpaired) electrons. The van der Waals surface area contributed by atoms with E-state index in [2.05, 4.69) is 0 Å². The monoisotopic (exact) mass is 290 g/mol. The highest BCUT2D eigenvalue weighted by atomic mass is 32.2. The van der Waals surface area contributed by atoms with Crippen molar-refractivity contribution in [2.75, 3.05) is 5.75 Å². The summed E-state index contributed by atoms with van der Waals surface area (Å²) in [7, 11) is 0. The van der Waals surface area contributed by atoms with Crippen molar-refractivity contribution >= 4 is 23.5 Å². The molecule has 1 atom stereocenters. The Labute approximate surface area is 122 Å². The van der Waals surface area contributed by atoms with E-state index in [1.165, 1.54) is 49.4 Å². The van der Waals surface area contributed by atoms with Crippen LogP contribution in [0.1, 0.15) is 64.8 Å². The molecule has 0 bridgehead atoms. The summed E-state index contributed by atoms with van der Waals surface area (Å²) in [4.78, 5) is 23.4. The summed E-state index contributed by atoms with van der Waals surface area (Å²) in [5, 5.41) is 8.66. The summed E-state index contributed by atoms with van der Waals surface area (Å²) in [6.07, 6.45) is 6.18. The van der Waals surface area contributed by atoms with Gasteiger partial charge in [-0.3, -0.25) is 9.59 Å². The number of carbonyl (C=O) groups excluding carboxylic acids is 1. The number of benzene rings is 1. The van der Waals surface area contributed by atoms with Crippen molar-refractivity contribution < 1.29 is 14.7 Å². The third-order valence-corrected chi connectivity index (χ3v) is 5.56. The molecule has 1 heterocycles. The molecule has 0 amide bonds. The minimum absolute atomic E-state index is 0.0696. The first-order valence-electron chi connectivity index (χ1n) is 7.18. The fourth-order valence-corrected chi connectivity index (χ4v) is 4.27. The Kier molecular flexibility index (Phi) is 3.83. The van der Waals surface area contributed by atoms with E-state index in [0.29, 0.717) is 17.0 Å². The quantitative estimate of drug-likeness (QED) is 0.900. The van der Waals surface area contributed by atoms with Crippen molar-refractivity contribution in [2.24, 2.45) is 0 Å². The molecule has 0 unspecified atom stereocenters. The molecular weight excluding hydrogens is 272 g/mol. The van der Waals surface area contributed by atoms with Gasteiger partial charge in [-0.05, 0) is 36.0 Å². The van der Waals surface area contributed by atoms with Crippen molar-refractivity contribution in [1.29, 1.82) is 0 Å². The van der Waals surface area contributed by atoms with Gasteiger partial charge in [0.15, 0.2) is 5.78 Å². The fourth-order valence-electron chi connectivity index (χ4n) is 3.26. The van der Waals surface area contributed by atoms with Crippen LogP contribution in [0.5, 0.6) is 0 Å². The summed E-state index contributed by atoms with van der Waals surface area (Å²) in [5.74, 6) is 0.0342. The molecule has 106 valence electrons. The molecule has 20 heavy (non-hydrogen) atoms. The van der Waals surface area contributed by atoms with Crippen LogP contribution in [0.3, 0.4) is 0 Å². The van der Waals surface area contributed by atoms with Crippen LogP contribution in [0, 0.1) is 0 Å². The molecule has 1 fully saturated rings. The lowest BCUT2D eigenvalue weighted by Crippen LogP contribution is -2.21. The normalized spacial score (nSPS) is 23.4. The molecule has 4 heteroatoms. The van der Waals surface area contributed by atoms with Crippen molar-refractivity contribution in [3.05, 3.63) is 34.9 Å². The summed E-state index contributed by atoms with van der Waals surface area (Å²) < 4.78 is 0. The van der Waals surface area contributed by atoms with Crippen LogP contribution < -0.4 is 0 Å². The van der Waals surface area contributed by atoms with E-state index in [1.54, 1.807) is 0 Å². The predicted octanol–water partition coefficient (Wildman–Crippen LogP) is 3.79. The van der Waals surface area contributed by atoms with Gasteiger partial charge >= 0.3 is 5.97 Å². The Bertz CT molecular complexity index is 547. The third-order valence-electron chi connectivity index (χ3n) is 4.34. The Morgan fingerprint density at radius 2 is 1.95 bits per heavy atom. The molecule has 1 saturated carbocycles. The van der Waals surface area contributed by atoms with Crippen molar-refractivity contribution in [1.82, 2.24) is 0 Å². The van der Waals surface area contributed by atoms with Crippen molar-refractivity contribution in [2.45, 2.75) is 43.3 Å². The Hall–Kier alpha value is -1.29. The molecular formula is C16H18O3S. The van der Waals surface area contributed by atoms with Crippen LogP contribution in [0.4, 0.5) is 0 Å². The summed E-state index contributed by atoms with van der Waals surface area (Å²) in [6.45, 7) is 0. The number of ketones is 1. The Balaban J connectivity index is 1.96. The molecule has 0 saturated heterocycles. The third kappa shape index (κ3) is 2.49. The van der Waals surface area contributed by atoms with Crippen LogP contribution in [-0.4, -0.2) is 22.6 Å². The van der Waals surface area contributed by atoms with Crippen LogP contribution in [-0.2, 0) is 4.79 Å². The molecule has 0 aromatic heterocycles. The zero-order valence-corrected chi connectivity index (χ0v) is 12.1. The second-order valence-electron chi connectivity index (χ2n) is 5.63. The molecule has 1 aliphatic heterocycles. The van der Waals surface area contributed by atoms with E-state index in [9.17, 15) is 14.7 Å². The first-order valence-corrected chi connectivity index (χ1v) is 8.23. The first kappa shape index (κ1) is 13.7. The number of hydrogen-bond acceptors (Lipinski definition) is 3. The molecule has 3 rings (SSSR count). The molecule has 1 aromatic carbocycles. The van der Waals surface area contributed by atoms with Gasteiger partial charge < -0.3 is 5.11 Å². The van der Waals surface area contributed by atoms with Gasteiger partial charge in [-0.15, -0.1) is 11.8 Å². The predicted molar refractivity (Wildman–Crippen MR) is 79.4 cm³/mol. The number of Topliss-reactive ketones (excluding diaryl/α,β-unsaturated/α-hetero) is 1. The lowest BCUT2D eigenvalue weighted by molar-refractivity contribution is -0.136. The van der Waals surface area contributed by atoms with Gasteiger partial charge in [-0.2, -0.15) is 0 Å². The zero-order chi connectivity index (χ0) is 14.1. The molecule has 2 aliphatic rings. The maximum Gasteiger partial charge on any atom is 0.321 e. The second kappa shape index (κ2) is 5.60. The van der Waals surface area contributed by atoms with Crippen LogP contribution in [0.15, 0.2) is 18.2 Å². The number of fused-ring (bicyclic) bond motifs is 1. The highest BCUT2D eigenvalue weighted by Crippen LogP contribution is 2.40. The maximum absolute atomic E-state index is 12.1. The Morgan fingerprint density at radius 1 is 1.20 bits per heavy atom. The van der Waals surface area contributed by atoms with Gasteiger partial charge in [0, 0.05) is 5.56 Å². The Morgan fingerprint density at radius 3 is 2.65 bits per heavy atom. The molecule has 1 aromatic rings. The topological polar surface area (TPSA) is 54.4 Å². The maximum atomic E-state index is 12.1. The second-order valence-corrected chi connectivity index (χ2v) is 6.73. The highest BCUT2D eigenvalue weighted by Gasteiger charge is 2.31. The number of carboxylic acid groups (broad SMARTS) is 1. The summed E-state index contributed by atoms with van der Waals surface area (Å²) in [6, 6.07) is 5.86.